The van der Waals surface area contributed by atoms with E-state index in [0.717, 1.165) is 0 Å². The Morgan fingerprint density at radius 3 is 2.67 bits per heavy atom. The molecule has 1 aromatic carbocycles. The Hall–Kier alpha value is -1.70. The molecule has 0 atom stereocenters. The molecule has 0 bridgehead atoms. The Kier molecular flexibility index (Phi) is 3.56. The van der Waals surface area contributed by atoms with Gasteiger partial charge in [-0.2, -0.15) is 4.31 Å². The molecular formula is C14H17N3O3S. The number of nitrogen functional groups attached to an aromatic ring is 1. The van der Waals surface area contributed by atoms with E-state index in [1.807, 2.05) is 0 Å². The molecule has 112 valence electrons. The van der Waals surface area contributed by atoms with Gasteiger partial charge in [-0.3, -0.25) is 4.98 Å². The monoisotopic (exact) mass is 307 g/mol. The molecule has 6 nitrogen and oxygen atoms in total. The molecule has 2 aromatic rings. The summed E-state index contributed by atoms with van der Waals surface area (Å²) >= 11 is 0. The number of aromatic nitrogens is 1. The van der Waals surface area contributed by atoms with Gasteiger partial charge in [-0.1, -0.05) is 0 Å². The molecule has 3 N–H and O–H groups in total. The summed E-state index contributed by atoms with van der Waals surface area (Å²) in [5, 5.41) is 10.2. The molecule has 0 radical (unpaired) electrons. The van der Waals surface area contributed by atoms with Gasteiger partial charge in [0.1, 0.15) is 4.90 Å². The topological polar surface area (TPSA) is 96.5 Å². The first-order chi connectivity index (χ1) is 10.00. The van der Waals surface area contributed by atoms with E-state index in [-0.39, 0.29) is 4.90 Å². The molecule has 0 unspecified atom stereocenters. The number of fused-ring (bicyclic) bond motifs is 1. The van der Waals surface area contributed by atoms with Crippen LogP contribution in [0.3, 0.4) is 0 Å². The smallest absolute Gasteiger partial charge is 0.245 e. The molecule has 1 fully saturated rings. The Morgan fingerprint density at radius 2 is 1.95 bits per heavy atom. The quantitative estimate of drug-likeness (QED) is 0.806. The maximum Gasteiger partial charge on any atom is 0.245 e. The van der Waals surface area contributed by atoms with Crippen LogP contribution in [0.5, 0.6) is 0 Å². The summed E-state index contributed by atoms with van der Waals surface area (Å²) in [6.45, 7) is 0.643. The number of hydrogen-bond acceptors (Lipinski definition) is 5. The average molecular weight is 307 g/mol. The third kappa shape index (κ3) is 2.48. The SMILES string of the molecule is Nc1ccc(S(=O)(=O)N2CCC(O)CC2)c2ncccc12. The van der Waals surface area contributed by atoms with Crippen LogP contribution in [-0.2, 0) is 10.0 Å². The van der Waals surface area contributed by atoms with Crippen molar-refractivity contribution in [1.82, 2.24) is 9.29 Å². The molecule has 3 rings (SSSR count). The highest BCUT2D eigenvalue weighted by Gasteiger charge is 2.30. The van der Waals surface area contributed by atoms with Crippen molar-refractivity contribution >= 4 is 26.6 Å². The highest BCUT2D eigenvalue weighted by Crippen LogP contribution is 2.29. The van der Waals surface area contributed by atoms with Crippen LogP contribution in [0.1, 0.15) is 12.8 Å². The van der Waals surface area contributed by atoms with Crippen LogP contribution in [0, 0.1) is 0 Å². The first kappa shape index (κ1) is 14.2. The number of rotatable bonds is 2. The highest BCUT2D eigenvalue weighted by atomic mass is 32.2. The lowest BCUT2D eigenvalue weighted by molar-refractivity contribution is 0.113. The van der Waals surface area contributed by atoms with Crippen molar-refractivity contribution in [2.75, 3.05) is 18.8 Å². The summed E-state index contributed by atoms with van der Waals surface area (Å²) in [4.78, 5) is 4.35. The fourth-order valence-corrected chi connectivity index (χ4v) is 4.22. The number of piperidine rings is 1. The standard InChI is InChI=1S/C14H17N3O3S/c15-12-3-4-13(14-11(12)2-1-7-16-14)21(19,20)17-8-5-10(18)6-9-17/h1-4,7,10,18H,5-6,8-9,15H2. The van der Waals surface area contributed by atoms with Crippen molar-refractivity contribution in [2.45, 2.75) is 23.8 Å². The maximum atomic E-state index is 12.8. The van der Waals surface area contributed by atoms with E-state index in [9.17, 15) is 13.5 Å². The lowest BCUT2D eigenvalue weighted by atomic mass is 10.1. The number of benzene rings is 1. The third-order valence-electron chi connectivity index (χ3n) is 3.81. The highest BCUT2D eigenvalue weighted by molar-refractivity contribution is 7.89. The van der Waals surface area contributed by atoms with Crippen molar-refractivity contribution in [1.29, 1.82) is 0 Å². The molecule has 0 amide bonds. The Balaban J connectivity index is 2.09. The molecule has 0 aliphatic carbocycles. The number of nitrogens with two attached hydrogens (primary N) is 1. The van der Waals surface area contributed by atoms with Gasteiger partial charge in [0.2, 0.25) is 10.0 Å². The van der Waals surface area contributed by atoms with Gasteiger partial charge in [-0.15, -0.1) is 0 Å². The molecule has 1 saturated heterocycles. The summed E-state index contributed by atoms with van der Waals surface area (Å²) in [5.41, 5.74) is 6.78. The number of hydrogen-bond donors (Lipinski definition) is 2. The van der Waals surface area contributed by atoms with E-state index in [4.69, 9.17) is 5.73 Å². The van der Waals surface area contributed by atoms with Crippen molar-refractivity contribution in [3.05, 3.63) is 30.5 Å². The van der Waals surface area contributed by atoms with E-state index in [1.165, 1.54) is 10.4 Å². The van der Waals surface area contributed by atoms with Gasteiger partial charge >= 0.3 is 0 Å². The van der Waals surface area contributed by atoms with E-state index in [2.05, 4.69) is 4.98 Å². The van der Waals surface area contributed by atoms with Gasteiger partial charge in [-0.25, -0.2) is 8.42 Å². The number of nitrogens with zero attached hydrogens (tertiary/aromatic N) is 2. The molecule has 1 aromatic heterocycles. The molecule has 0 saturated carbocycles. The fraction of sp³-hybridized carbons (Fsp3) is 0.357. The van der Waals surface area contributed by atoms with Gasteiger partial charge in [0.15, 0.2) is 0 Å². The summed E-state index contributed by atoms with van der Waals surface area (Å²) in [6.07, 6.45) is 2.05. The maximum absolute atomic E-state index is 12.8. The zero-order valence-electron chi connectivity index (χ0n) is 11.4. The van der Waals surface area contributed by atoms with Crippen molar-refractivity contribution < 1.29 is 13.5 Å². The number of anilines is 1. The number of pyridine rings is 1. The summed E-state index contributed by atoms with van der Waals surface area (Å²) in [6, 6.07) is 6.59. The van der Waals surface area contributed by atoms with Crippen LogP contribution in [0.4, 0.5) is 5.69 Å². The van der Waals surface area contributed by atoms with Crippen LogP contribution in [0.25, 0.3) is 10.9 Å². The minimum Gasteiger partial charge on any atom is -0.398 e. The van der Waals surface area contributed by atoms with E-state index in [0.29, 0.717) is 42.5 Å². The van der Waals surface area contributed by atoms with Crippen LogP contribution < -0.4 is 5.73 Å². The fourth-order valence-electron chi connectivity index (χ4n) is 2.60. The normalized spacial score (nSPS) is 18.1. The number of aliphatic hydroxyl groups excluding tert-OH is 1. The lowest BCUT2D eigenvalue weighted by Gasteiger charge is -2.29. The van der Waals surface area contributed by atoms with Crippen molar-refractivity contribution in [3.63, 3.8) is 0 Å². The molecule has 1 aliphatic heterocycles. The van der Waals surface area contributed by atoms with E-state index in [1.54, 1.807) is 24.4 Å². The molecular weight excluding hydrogens is 290 g/mol. The van der Waals surface area contributed by atoms with Gasteiger partial charge < -0.3 is 10.8 Å². The zero-order valence-corrected chi connectivity index (χ0v) is 12.3. The molecule has 7 heteroatoms. The summed E-state index contributed by atoms with van der Waals surface area (Å²) < 4.78 is 27.0. The first-order valence-corrected chi connectivity index (χ1v) is 8.25. The second-order valence-corrected chi connectivity index (χ2v) is 7.09. The lowest BCUT2D eigenvalue weighted by Crippen LogP contribution is -2.40. The van der Waals surface area contributed by atoms with Crippen molar-refractivity contribution in [2.24, 2.45) is 0 Å². The van der Waals surface area contributed by atoms with Crippen molar-refractivity contribution in [3.8, 4) is 0 Å². The van der Waals surface area contributed by atoms with Crippen LogP contribution >= 0.6 is 0 Å². The van der Waals surface area contributed by atoms with Gasteiger partial charge in [0.05, 0.1) is 11.6 Å². The molecule has 0 spiro atoms. The van der Waals surface area contributed by atoms with Gasteiger partial charge in [-0.05, 0) is 37.1 Å². The first-order valence-electron chi connectivity index (χ1n) is 6.81. The van der Waals surface area contributed by atoms with Crippen LogP contribution in [0.15, 0.2) is 35.4 Å². The number of sulfonamides is 1. The average Bonchev–Trinajstić information content (AvgIpc) is 2.48. The second kappa shape index (κ2) is 5.25. The zero-order chi connectivity index (χ0) is 15.0. The summed E-state index contributed by atoms with van der Waals surface area (Å²) in [7, 11) is -3.62. The predicted octanol–water partition coefficient (Wildman–Crippen LogP) is 0.962. The van der Waals surface area contributed by atoms with Gasteiger partial charge in [0, 0.05) is 30.4 Å². The van der Waals surface area contributed by atoms with Crippen LogP contribution in [0.2, 0.25) is 0 Å². The van der Waals surface area contributed by atoms with Crippen LogP contribution in [-0.4, -0.2) is 42.0 Å². The largest absolute Gasteiger partial charge is 0.398 e. The predicted molar refractivity (Wildman–Crippen MR) is 80.2 cm³/mol. The summed E-state index contributed by atoms with van der Waals surface area (Å²) in [5.74, 6) is 0. The molecule has 21 heavy (non-hydrogen) atoms. The van der Waals surface area contributed by atoms with Gasteiger partial charge in [0.25, 0.3) is 0 Å². The minimum atomic E-state index is -3.62. The van der Waals surface area contributed by atoms with E-state index >= 15 is 0 Å². The Bertz CT molecular complexity index is 768. The third-order valence-corrected chi connectivity index (χ3v) is 5.74. The second-order valence-electron chi connectivity index (χ2n) is 5.19. The Morgan fingerprint density at radius 1 is 1.24 bits per heavy atom. The molecule has 1 aliphatic rings. The van der Waals surface area contributed by atoms with E-state index < -0.39 is 16.1 Å². The Labute approximate surface area is 123 Å². The molecule has 2 heterocycles. The number of aliphatic hydroxyl groups is 1. The minimum absolute atomic E-state index is 0.170.